The molecule has 98 valence electrons. The molecular weight excluding hydrogens is 296 g/mol. The van der Waals surface area contributed by atoms with Gasteiger partial charge in [0.15, 0.2) is 0 Å². The normalized spacial score (nSPS) is 11.3. The molecule has 0 radical (unpaired) electrons. The molecule has 0 fully saturated rings. The number of halogens is 1. The van der Waals surface area contributed by atoms with Gasteiger partial charge in [-0.3, -0.25) is 0 Å². The molecule has 1 aromatic heterocycles. The van der Waals surface area contributed by atoms with Gasteiger partial charge in [0.2, 0.25) is 0 Å². The van der Waals surface area contributed by atoms with Gasteiger partial charge in [0.05, 0.1) is 0 Å². The van der Waals surface area contributed by atoms with Crippen molar-refractivity contribution in [2.75, 3.05) is 26.2 Å². The lowest BCUT2D eigenvalue weighted by molar-refractivity contribution is 0.282. The number of unbranched alkanes of at least 4 members (excludes halogenated alkanes) is 1. The first-order valence-electron chi connectivity index (χ1n) is 6.42. The molecule has 0 aliphatic carbocycles. The Morgan fingerprint density at radius 1 is 1.35 bits per heavy atom. The molecule has 17 heavy (non-hydrogen) atoms. The lowest BCUT2D eigenvalue weighted by Gasteiger charge is -2.20. The molecule has 0 amide bonds. The maximum atomic E-state index is 3.50. The van der Waals surface area contributed by atoms with E-state index in [0.717, 1.165) is 26.2 Å². The highest BCUT2D eigenvalue weighted by molar-refractivity contribution is 9.10. The summed E-state index contributed by atoms with van der Waals surface area (Å²) in [5, 5.41) is 5.64. The van der Waals surface area contributed by atoms with Crippen LogP contribution in [-0.2, 0) is 6.54 Å². The Morgan fingerprint density at radius 2 is 2.18 bits per heavy atom. The van der Waals surface area contributed by atoms with E-state index in [1.165, 1.54) is 28.7 Å². The van der Waals surface area contributed by atoms with Crippen LogP contribution in [0.5, 0.6) is 0 Å². The zero-order chi connectivity index (χ0) is 12.5. The monoisotopic (exact) mass is 318 g/mol. The predicted molar refractivity (Wildman–Crippen MR) is 80.7 cm³/mol. The first-order valence-corrected chi connectivity index (χ1v) is 8.09. The molecule has 0 saturated carbocycles. The zero-order valence-electron chi connectivity index (χ0n) is 10.8. The van der Waals surface area contributed by atoms with Gasteiger partial charge < -0.3 is 10.2 Å². The lowest BCUT2D eigenvalue weighted by atomic mass is 10.3. The Labute approximate surface area is 118 Å². The number of hydrogen-bond acceptors (Lipinski definition) is 3. The lowest BCUT2D eigenvalue weighted by Crippen LogP contribution is -2.32. The van der Waals surface area contributed by atoms with Crippen molar-refractivity contribution in [2.45, 2.75) is 33.2 Å². The van der Waals surface area contributed by atoms with E-state index >= 15 is 0 Å². The zero-order valence-corrected chi connectivity index (χ0v) is 13.2. The smallest absolute Gasteiger partial charge is 0.0300 e. The Morgan fingerprint density at radius 3 is 2.76 bits per heavy atom. The number of nitrogens with one attached hydrogen (secondary N) is 1. The van der Waals surface area contributed by atoms with Gasteiger partial charge in [-0.25, -0.2) is 0 Å². The van der Waals surface area contributed by atoms with Crippen LogP contribution in [-0.4, -0.2) is 31.1 Å². The van der Waals surface area contributed by atoms with Gasteiger partial charge in [-0.15, -0.1) is 11.3 Å². The van der Waals surface area contributed by atoms with Crippen molar-refractivity contribution in [1.29, 1.82) is 0 Å². The molecule has 2 nitrogen and oxygen atoms in total. The molecule has 4 heteroatoms. The number of thiophene rings is 1. The molecule has 0 spiro atoms. The van der Waals surface area contributed by atoms with Gasteiger partial charge in [0.1, 0.15) is 0 Å². The largest absolute Gasteiger partial charge is 0.311 e. The van der Waals surface area contributed by atoms with E-state index in [1.54, 1.807) is 11.3 Å². The third kappa shape index (κ3) is 6.55. The summed E-state index contributed by atoms with van der Waals surface area (Å²) >= 11 is 5.28. The summed E-state index contributed by atoms with van der Waals surface area (Å²) < 4.78 is 1.19. The Kier molecular flexibility index (Phi) is 8.10. The first kappa shape index (κ1) is 15.2. The van der Waals surface area contributed by atoms with Gasteiger partial charge in [0, 0.05) is 34.4 Å². The third-order valence-electron chi connectivity index (χ3n) is 2.80. The summed E-state index contributed by atoms with van der Waals surface area (Å²) in [5.41, 5.74) is 0. The predicted octanol–water partition coefficient (Wildman–Crippen LogP) is 3.72. The van der Waals surface area contributed by atoms with Crippen LogP contribution in [0.4, 0.5) is 0 Å². The first-order chi connectivity index (χ1) is 8.26. The van der Waals surface area contributed by atoms with Gasteiger partial charge in [-0.1, -0.05) is 20.3 Å². The van der Waals surface area contributed by atoms with Crippen LogP contribution in [0, 0.1) is 0 Å². The fraction of sp³-hybridized carbons (Fsp3) is 0.692. The molecular formula is C13H23BrN2S. The van der Waals surface area contributed by atoms with Crippen LogP contribution in [0.15, 0.2) is 15.9 Å². The Hall–Kier alpha value is 0.1000. The molecule has 0 atom stereocenters. The van der Waals surface area contributed by atoms with Gasteiger partial charge >= 0.3 is 0 Å². The second-order valence-corrected chi connectivity index (χ2v) is 6.11. The van der Waals surface area contributed by atoms with E-state index in [9.17, 15) is 0 Å². The fourth-order valence-electron chi connectivity index (χ4n) is 1.71. The van der Waals surface area contributed by atoms with E-state index in [0.29, 0.717) is 0 Å². The SMILES string of the molecule is CCCCN(CC)CCNCc1cc(Br)cs1. The van der Waals surface area contributed by atoms with E-state index in [4.69, 9.17) is 0 Å². The highest BCUT2D eigenvalue weighted by Gasteiger charge is 2.01. The van der Waals surface area contributed by atoms with E-state index in [1.807, 2.05) is 0 Å². The standard InChI is InChI=1S/C13H23BrN2S/c1-3-5-7-16(4-2)8-6-15-10-13-9-12(14)11-17-13/h9,11,15H,3-8,10H2,1-2H3. The molecule has 1 heterocycles. The number of nitrogens with zero attached hydrogens (tertiary/aromatic N) is 1. The second-order valence-electron chi connectivity index (χ2n) is 4.20. The number of rotatable bonds is 9. The molecule has 0 saturated heterocycles. The van der Waals surface area contributed by atoms with Crippen LogP contribution in [0.25, 0.3) is 0 Å². The molecule has 0 aliphatic rings. The van der Waals surface area contributed by atoms with E-state index < -0.39 is 0 Å². The van der Waals surface area contributed by atoms with Crippen LogP contribution in [0.3, 0.4) is 0 Å². The topological polar surface area (TPSA) is 15.3 Å². The molecule has 0 unspecified atom stereocenters. The van der Waals surface area contributed by atoms with Crippen LogP contribution < -0.4 is 5.32 Å². The third-order valence-corrected chi connectivity index (χ3v) is 4.50. The van der Waals surface area contributed by atoms with Crippen molar-refractivity contribution in [3.63, 3.8) is 0 Å². The quantitative estimate of drug-likeness (QED) is 0.698. The van der Waals surface area contributed by atoms with Crippen molar-refractivity contribution in [3.05, 3.63) is 20.8 Å². The van der Waals surface area contributed by atoms with Crippen molar-refractivity contribution < 1.29 is 0 Å². The Balaban J connectivity index is 2.09. The molecule has 1 rings (SSSR count). The number of likely N-dealkylation sites (N-methyl/N-ethyl adjacent to an activating group) is 1. The van der Waals surface area contributed by atoms with Gasteiger partial charge in [-0.05, 0) is 41.5 Å². The van der Waals surface area contributed by atoms with E-state index in [2.05, 4.69) is 51.4 Å². The minimum atomic E-state index is 0.988. The Bertz CT molecular complexity index is 301. The van der Waals surface area contributed by atoms with Crippen molar-refractivity contribution >= 4 is 27.3 Å². The average Bonchev–Trinajstić information content (AvgIpc) is 2.74. The maximum absolute atomic E-state index is 3.50. The summed E-state index contributed by atoms with van der Waals surface area (Å²) in [5.74, 6) is 0. The van der Waals surface area contributed by atoms with Crippen molar-refractivity contribution in [3.8, 4) is 0 Å². The molecule has 0 bridgehead atoms. The highest BCUT2D eigenvalue weighted by atomic mass is 79.9. The highest BCUT2D eigenvalue weighted by Crippen LogP contribution is 2.19. The average molecular weight is 319 g/mol. The molecule has 0 aliphatic heterocycles. The summed E-state index contributed by atoms with van der Waals surface area (Å²) in [7, 11) is 0. The van der Waals surface area contributed by atoms with Gasteiger partial charge in [-0.2, -0.15) is 0 Å². The molecule has 1 aromatic rings. The second kappa shape index (κ2) is 9.09. The summed E-state index contributed by atoms with van der Waals surface area (Å²) in [4.78, 5) is 3.91. The maximum Gasteiger partial charge on any atom is 0.0300 e. The minimum absolute atomic E-state index is 0.988. The minimum Gasteiger partial charge on any atom is -0.311 e. The van der Waals surface area contributed by atoms with E-state index in [-0.39, 0.29) is 0 Å². The van der Waals surface area contributed by atoms with Crippen molar-refractivity contribution in [1.82, 2.24) is 10.2 Å². The molecule has 1 N–H and O–H groups in total. The molecule has 0 aromatic carbocycles. The van der Waals surface area contributed by atoms with Crippen molar-refractivity contribution in [2.24, 2.45) is 0 Å². The summed E-state index contributed by atoms with van der Waals surface area (Å²) in [6.45, 7) is 10.1. The summed E-state index contributed by atoms with van der Waals surface area (Å²) in [6, 6.07) is 2.19. The fourth-order valence-corrected chi connectivity index (χ4v) is 3.13. The summed E-state index contributed by atoms with van der Waals surface area (Å²) in [6.07, 6.45) is 2.60. The van der Waals surface area contributed by atoms with Gasteiger partial charge in [0.25, 0.3) is 0 Å². The van der Waals surface area contributed by atoms with Crippen LogP contribution in [0.2, 0.25) is 0 Å². The number of hydrogen-bond donors (Lipinski definition) is 1. The van der Waals surface area contributed by atoms with Crippen LogP contribution >= 0.6 is 27.3 Å². The van der Waals surface area contributed by atoms with Crippen LogP contribution in [0.1, 0.15) is 31.6 Å².